The van der Waals surface area contributed by atoms with Crippen molar-refractivity contribution in [2.75, 3.05) is 7.11 Å². The highest BCUT2D eigenvalue weighted by Gasteiger charge is 2.06. The van der Waals surface area contributed by atoms with Crippen molar-refractivity contribution in [1.82, 2.24) is 0 Å². The molecule has 3 aromatic carbocycles. The lowest BCUT2D eigenvalue weighted by Gasteiger charge is -2.02. The number of carbonyl (C=O) groups is 1. The largest absolute Gasteiger partial charge is 0.497 e. The maximum Gasteiger partial charge on any atom is 0.336 e. The highest BCUT2D eigenvalue weighted by Crippen LogP contribution is 2.21. The number of hydrogen-bond acceptors (Lipinski definition) is 4. The molecule has 0 saturated heterocycles. The molecule has 0 unspecified atom stereocenters. The van der Waals surface area contributed by atoms with Gasteiger partial charge in [0.05, 0.1) is 7.11 Å². The topological polar surface area (TPSA) is 56.5 Å². The van der Waals surface area contributed by atoms with Crippen LogP contribution in [0.4, 0.5) is 0 Å². The van der Waals surface area contributed by atoms with Crippen LogP contribution in [-0.4, -0.2) is 12.9 Å². The molecule has 4 heteroatoms. The Hall–Kier alpha value is -3.66. The van der Waals surface area contributed by atoms with E-state index in [0.717, 1.165) is 22.1 Å². The monoisotopic (exact) mass is 402 g/mol. The summed E-state index contributed by atoms with van der Waals surface area (Å²) in [6.07, 6.45) is 0. The van der Waals surface area contributed by atoms with Crippen LogP contribution in [-0.2, 0) is 0 Å². The quantitative estimate of drug-likeness (QED) is 0.309. The Kier molecular flexibility index (Phi) is 8.57. The lowest BCUT2D eigenvalue weighted by Crippen LogP contribution is -1.99. The second-order valence-electron chi connectivity index (χ2n) is 6.17. The first kappa shape index (κ1) is 22.6. The molecule has 0 aliphatic heterocycles. The summed E-state index contributed by atoms with van der Waals surface area (Å²) >= 11 is 0. The number of ketones is 1. The first-order chi connectivity index (χ1) is 14.6. The van der Waals surface area contributed by atoms with Crippen LogP contribution < -0.4 is 10.4 Å². The van der Waals surface area contributed by atoms with Gasteiger partial charge in [-0.25, -0.2) is 4.79 Å². The van der Waals surface area contributed by atoms with E-state index < -0.39 is 0 Å². The molecule has 0 saturated carbocycles. The molecular weight excluding hydrogens is 376 g/mol. The number of rotatable bonds is 3. The summed E-state index contributed by atoms with van der Waals surface area (Å²) < 4.78 is 10.1. The maximum absolute atomic E-state index is 11.8. The minimum Gasteiger partial charge on any atom is -0.497 e. The second-order valence-corrected chi connectivity index (χ2v) is 6.17. The third kappa shape index (κ3) is 5.92. The lowest BCUT2D eigenvalue weighted by molar-refractivity contribution is 0.103. The van der Waals surface area contributed by atoms with Gasteiger partial charge < -0.3 is 9.15 Å². The molecule has 0 amide bonds. The molecule has 154 valence electrons. The Balaban J connectivity index is 0.000000197. The fraction of sp³-hybridized carbons (Fsp3) is 0.154. The molecule has 4 nitrogen and oxygen atoms in total. The number of hydrogen-bond donors (Lipinski definition) is 0. The molecule has 0 aliphatic carbocycles. The van der Waals surface area contributed by atoms with Gasteiger partial charge in [-0.1, -0.05) is 74.5 Å². The highest BCUT2D eigenvalue weighted by atomic mass is 16.5. The number of methoxy groups -OCH3 is 1. The van der Waals surface area contributed by atoms with Gasteiger partial charge in [0.2, 0.25) is 0 Å². The van der Waals surface area contributed by atoms with Crippen LogP contribution >= 0.6 is 0 Å². The van der Waals surface area contributed by atoms with Crippen LogP contribution in [0, 0.1) is 6.92 Å². The summed E-state index contributed by atoms with van der Waals surface area (Å²) in [4.78, 5) is 22.9. The summed E-state index contributed by atoms with van der Waals surface area (Å²) in [6, 6.07) is 25.5. The summed E-state index contributed by atoms with van der Waals surface area (Å²) in [5, 5.41) is 0.936. The molecule has 0 fully saturated rings. The molecule has 0 radical (unpaired) electrons. The molecule has 0 aliphatic rings. The summed E-state index contributed by atoms with van der Waals surface area (Å²) in [6.45, 7) is 5.88. The van der Waals surface area contributed by atoms with Gasteiger partial charge in [0.1, 0.15) is 11.3 Å². The predicted molar refractivity (Wildman–Crippen MR) is 121 cm³/mol. The van der Waals surface area contributed by atoms with Gasteiger partial charge in [0.25, 0.3) is 0 Å². The molecule has 0 atom stereocenters. The highest BCUT2D eigenvalue weighted by molar-refractivity contribution is 6.08. The van der Waals surface area contributed by atoms with E-state index >= 15 is 0 Å². The van der Waals surface area contributed by atoms with Crippen molar-refractivity contribution in [3.63, 3.8) is 0 Å². The zero-order chi connectivity index (χ0) is 21.9. The van der Waals surface area contributed by atoms with Crippen molar-refractivity contribution in [1.29, 1.82) is 0 Å². The summed E-state index contributed by atoms with van der Waals surface area (Å²) in [7, 11) is 1.58. The minimum absolute atomic E-state index is 0.0752. The summed E-state index contributed by atoms with van der Waals surface area (Å²) in [5.74, 6) is 0.762. The Bertz CT molecular complexity index is 1090. The van der Waals surface area contributed by atoms with Crippen molar-refractivity contribution in [2.24, 2.45) is 0 Å². The molecule has 0 N–H and O–H groups in total. The Morgan fingerprint density at radius 3 is 1.83 bits per heavy atom. The molecule has 1 heterocycles. The van der Waals surface area contributed by atoms with Crippen LogP contribution in [0.1, 0.15) is 35.3 Å². The molecule has 30 heavy (non-hydrogen) atoms. The van der Waals surface area contributed by atoms with Crippen molar-refractivity contribution >= 4 is 16.8 Å². The van der Waals surface area contributed by atoms with Gasteiger partial charge >= 0.3 is 5.63 Å². The third-order valence-corrected chi connectivity index (χ3v) is 4.23. The SMILES string of the molecule is CC.COc1ccc2c(C)cc(=O)oc2c1.O=C(c1ccccc1)c1ccccc1. The van der Waals surface area contributed by atoms with E-state index in [-0.39, 0.29) is 11.4 Å². The van der Waals surface area contributed by atoms with Crippen LogP contribution in [0.15, 0.2) is 94.1 Å². The molecule has 0 bridgehead atoms. The average molecular weight is 402 g/mol. The Labute approximate surface area is 176 Å². The number of aryl methyl sites for hydroxylation is 1. The number of benzene rings is 3. The average Bonchev–Trinajstić information content (AvgIpc) is 2.81. The zero-order valence-electron chi connectivity index (χ0n) is 17.7. The molecular formula is C26H26O4. The molecule has 1 aromatic heterocycles. The standard InChI is InChI=1S/C13H10O.C11H10O3.C2H6/c14-13(11-7-3-1-4-8-11)12-9-5-2-6-10-12;1-7-5-11(12)14-10-6-8(13-2)3-4-9(7)10;1-2/h1-10H;3-6H,1-2H3;1-2H3. The number of ether oxygens (including phenoxy) is 1. The van der Waals surface area contributed by atoms with Crippen molar-refractivity contribution in [3.05, 3.63) is 112 Å². The molecule has 4 aromatic rings. The summed E-state index contributed by atoms with van der Waals surface area (Å²) in [5.41, 5.74) is 2.62. The van der Waals surface area contributed by atoms with E-state index in [2.05, 4.69) is 0 Å². The third-order valence-electron chi connectivity index (χ3n) is 4.23. The van der Waals surface area contributed by atoms with E-state index in [1.165, 1.54) is 6.07 Å². The van der Waals surface area contributed by atoms with Crippen LogP contribution in [0.25, 0.3) is 11.0 Å². The van der Waals surface area contributed by atoms with E-state index in [0.29, 0.717) is 11.3 Å². The van der Waals surface area contributed by atoms with Gasteiger partial charge in [0.15, 0.2) is 5.78 Å². The fourth-order valence-corrected chi connectivity index (χ4v) is 2.78. The van der Waals surface area contributed by atoms with Crippen LogP contribution in [0.2, 0.25) is 0 Å². The normalized spacial score (nSPS) is 9.60. The van der Waals surface area contributed by atoms with E-state index in [1.807, 2.05) is 93.6 Å². The predicted octanol–water partition coefficient (Wildman–Crippen LogP) is 6.05. The lowest BCUT2D eigenvalue weighted by atomic mass is 10.0. The Morgan fingerprint density at radius 1 is 0.800 bits per heavy atom. The van der Waals surface area contributed by atoms with Crippen molar-refractivity contribution in [2.45, 2.75) is 20.8 Å². The van der Waals surface area contributed by atoms with Crippen LogP contribution in [0.5, 0.6) is 5.75 Å². The van der Waals surface area contributed by atoms with Gasteiger partial charge in [-0.05, 0) is 24.6 Å². The second kappa shape index (κ2) is 11.4. The number of fused-ring (bicyclic) bond motifs is 1. The first-order valence-electron chi connectivity index (χ1n) is 9.82. The van der Waals surface area contributed by atoms with Gasteiger partial charge in [-0.3, -0.25) is 4.79 Å². The van der Waals surface area contributed by atoms with Crippen LogP contribution in [0.3, 0.4) is 0 Å². The smallest absolute Gasteiger partial charge is 0.336 e. The zero-order valence-corrected chi connectivity index (χ0v) is 17.7. The van der Waals surface area contributed by atoms with Gasteiger partial charge in [-0.2, -0.15) is 0 Å². The van der Waals surface area contributed by atoms with Crippen molar-refractivity contribution in [3.8, 4) is 5.75 Å². The number of carbonyl (C=O) groups excluding carboxylic acids is 1. The minimum atomic E-state index is -0.330. The maximum atomic E-state index is 11.8. The first-order valence-corrected chi connectivity index (χ1v) is 9.82. The molecule has 0 spiro atoms. The van der Waals surface area contributed by atoms with Gasteiger partial charge in [0, 0.05) is 28.6 Å². The Morgan fingerprint density at radius 2 is 1.33 bits per heavy atom. The fourth-order valence-electron chi connectivity index (χ4n) is 2.78. The van der Waals surface area contributed by atoms with Gasteiger partial charge in [-0.15, -0.1) is 0 Å². The molecule has 4 rings (SSSR count). The van der Waals surface area contributed by atoms with E-state index in [1.54, 1.807) is 13.2 Å². The van der Waals surface area contributed by atoms with Crippen molar-refractivity contribution < 1.29 is 13.9 Å². The van der Waals surface area contributed by atoms with E-state index in [9.17, 15) is 9.59 Å². The van der Waals surface area contributed by atoms with E-state index in [4.69, 9.17) is 9.15 Å².